The summed E-state index contributed by atoms with van der Waals surface area (Å²) in [6.07, 6.45) is 3.51. The standard InChI is InChI=1S/C21H17N3O2/c25-20(23-19-10-4-9-18-16(19)11-12-22-18)17-8-5-13-24(21(17)26)14-15-6-2-1-3-7-15/h1-13,22H,14H2,(H,23,25). The first-order chi connectivity index (χ1) is 12.7. The molecule has 0 saturated heterocycles. The van der Waals surface area contributed by atoms with E-state index in [1.165, 1.54) is 0 Å². The van der Waals surface area contributed by atoms with Gasteiger partial charge in [-0.15, -0.1) is 0 Å². The predicted octanol–water partition coefficient (Wildman–Crippen LogP) is 3.63. The van der Waals surface area contributed by atoms with Gasteiger partial charge < -0.3 is 14.9 Å². The Hall–Kier alpha value is -3.60. The van der Waals surface area contributed by atoms with E-state index in [9.17, 15) is 9.59 Å². The van der Waals surface area contributed by atoms with Crippen molar-refractivity contribution in [2.24, 2.45) is 0 Å². The smallest absolute Gasteiger partial charge is 0.263 e. The molecular weight excluding hydrogens is 326 g/mol. The average molecular weight is 343 g/mol. The Balaban J connectivity index is 1.63. The van der Waals surface area contributed by atoms with Crippen LogP contribution < -0.4 is 10.9 Å². The van der Waals surface area contributed by atoms with E-state index in [1.807, 2.05) is 60.8 Å². The second-order valence-electron chi connectivity index (χ2n) is 6.04. The van der Waals surface area contributed by atoms with Crippen LogP contribution in [0, 0.1) is 0 Å². The first-order valence-corrected chi connectivity index (χ1v) is 8.33. The molecule has 2 aromatic heterocycles. The maximum atomic E-state index is 12.7. The highest BCUT2D eigenvalue weighted by Crippen LogP contribution is 2.22. The lowest BCUT2D eigenvalue weighted by Crippen LogP contribution is -2.29. The van der Waals surface area contributed by atoms with Crippen LogP contribution in [0.25, 0.3) is 10.9 Å². The van der Waals surface area contributed by atoms with E-state index in [-0.39, 0.29) is 11.1 Å². The fourth-order valence-electron chi connectivity index (χ4n) is 3.00. The molecule has 0 aliphatic carbocycles. The molecular formula is C21H17N3O2. The van der Waals surface area contributed by atoms with Crippen LogP contribution in [0.3, 0.4) is 0 Å². The lowest BCUT2D eigenvalue weighted by molar-refractivity contribution is 0.102. The van der Waals surface area contributed by atoms with Crippen LogP contribution in [0.5, 0.6) is 0 Å². The number of nitrogens with one attached hydrogen (secondary N) is 2. The van der Waals surface area contributed by atoms with E-state index in [1.54, 1.807) is 22.9 Å². The summed E-state index contributed by atoms with van der Waals surface area (Å²) >= 11 is 0. The fraction of sp³-hybridized carbons (Fsp3) is 0.0476. The van der Waals surface area contributed by atoms with Gasteiger partial charge >= 0.3 is 0 Å². The molecule has 5 nitrogen and oxygen atoms in total. The molecule has 0 saturated carbocycles. The Bertz CT molecular complexity index is 1130. The number of aromatic amines is 1. The Labute approximate surface area is 149 Å². The van der Waals surface area contributed by atoms with Gasteiger partial charge in [-0.25, -0.2) is 0 Å². The summed E-state index contributed by atoms with van der Waals surface area (Å²) in [7, 11) is 0. The maximum absolute atomic E-state index is 12.7. The number of aromatic nitrogens is 2. The molecule has 0 unspecified atom stereocenters. The topological polar surface area (TPSA) is 66.9 Å². The van der Waals surface area contributed by atoms with Gasteiger partial charge in [-0.05, 0) is 35.9 Å². The molecule has 5 heteroatoms. The minimum atomic E-state index is -0.411. The second-order valence-corrected chi connectivity index (χ2v) is 6.04. The van der Waals surface area contributed by atoms with E-state index in [4.69, 9.17) is 0 Å². The minimum Gasteiger partial charge on any atom is -0.361 e. The zero-order valence-corrected chi connectivity index (χ0v) is 14.0. The Kier molecular flexibility index (Phi) is 4.11. The van der Waals surface area contributed by atoms with Crippen LogP contribution in [-0.2, 0) is 6.54 Å². The van der Waals surface area contributed by atoms with E-state index in [0.717, 1.165) is 16.5 Å². The van der Waals surface area contributed by atoms with Crippen molar-refractivity contribution in [3.8, 4) is 0 Å². The number of amides is 1. The van der Waals surface area contributed by atoms with Crippen LogP contribution in [0.4, 0.5) is 5.69 Å². The number of benzene rings is 2. The third-order valence-electron chi connectivity index (χ3n) is 4.30. The maximum Gasteiger partial charge on any atom is 0.263 e. The molecule has 26 heavy (non-hydrogen) atoms. The fourth-order valence-corrected chi connectivity index (χ4v) is 3.00. The van der Waals surface area contributed by atoms with Crippen LogP contribution in [0.1, 0.15) is 15.9 Å². The second kappa shape index (κ2) is 6.72. The minimum absolute atomic E-state index is 0.121. The number of H-pyrrole nitrogens is 1. The molecule has 0 bridgehead atoms. The van der Waals surface area contributed by atoms with Crippen LogP contribution in [0.2, 0.25) is 0 Å². The molecule has 128 valence electrons. The molecule has 2 N–H and O–H groups in total. The number of fused-ring (bicyclic) bond motifs is 1. The van der Waals surface area contributed by atoms with Crippen LogP contribution in [-0.4, -0.2) is 15.5 Å². The summed E-state index contributed by atoms with van der Waals surface area (Å²) in [5.74, 6) is -0.411. The van der Waals surface area contributed by atoms with E-state index in [2.05, 4.69) is 10.3 Å². The normalized spacial score (nSPS) is 10.8. The molecule has 4 rings (SSSR count). The monoisotopic (exact) mass is 343 g/mol. The third kappa shape index (κ3) is 3.02. The summed E-state index contributed by atoms with van der Waals surface area (Å²) < 4.78 is 1.54. The number of hydrogen-bond donors (Lipinski definition) is 2. The van der Waals surface area contributed by atoms with Crippen molar-refractivity contribution in [3.05, 3.63) is 101 Å². The zero-order chi connectivity index (χ0) is 17.9. The summed E-state index contributed by atoms with van der Waals surface area (Å²) in [6.45, 7) is 0.425. The lowest BCUT2D eigenvalue weighted by Gasteiger charge is -2.09. The summed E-state index contributed by atoms with van der Waals surface area (Å²) in [5, 5.41) is 3.75. The van der Waals surface area contributed by atoms with Gasteiger partial charge in [0.05, 0.1) is 12.2 Å². The molecule has 0 spiro atoms. The summed E-state index contributed by atoms with van der Waals surface area (Å²) in [4.78, 5) is 28.5. The van der Waals surface area contributed by atoms with Gasteiger partial charge in [-0.1, -0.05) is 36.4 Å². The molecule has 0 fully saturated rings. The number of carbonyl (C=O) groups is 1. The number of pyridine rings is 1. The predicted molar refractivity (Wildman–Crippen MR) is 102 cm³/mol. The van der Waals surface area contributed by atoms with Crippen molar-refractivity contribution in [1.82, 2.24) is 9.55 Å². The van der Waals surface area contributed by atoms with Crippen molar-refractivity contribution >= 4 is 22.5 Å². The SMILES string of the molecule is O=C(Nc1cccc2[nH]ccc12)c1cccn(Cc2ccccc2)c1=O. The van der Waals surface area contributed by atoms with Gasteiger partial charge in [0.25, 0.3) is 11.5 Å². The molecule has 0 aliphatic rings. The Morgan fingerprint density at radius 3 is 2.65 bits per heavy atom. The lowest BCUT2D eigenvalue weighted by atomic mass is 10.2. The molecule has 2 aromatic carbocycles. The van der Waals surface area contributed by atoms with Crippen molar-refractivity contribution in [2.75, 3.05) is 5.32 Å². The number of anilines is 1. The third-order valence-corrected chi connectivity index (χ3v) is 4.30. The van der Waals surface area contributed by atoms with Crippen molar-refractivity contribution in [1.29, 1.82) is 0 Å². The number of carbonyl (C=O) groups excluding carboxylic acids is 1. The first-order valence-electron chi connectivity index (χ1n) is 8.33. The van der Waals surface area contributed by atoms with Crippen LogP contribution >= 0.6 is 0 Å². The number of rotatable bonds is 4. The molecule has 1 amide bonds. The Morgan fingerprint density at radius 1 is 0.962 bits per heavy atom. The van der Waals surface area contributed by atoms with Gasteiger partial charge in [0.15, 0.2) is 0 Å². The molecule has 2 heterocycles. The van der Waals surface area contributed by atoms with Gasteiger partial charge in [0.1, 0.15) is 5.56 Å². The highest BCUT2D eigenvalue weighted by atomic mass is 16.2. The molecule has 0 aliphatic heterocycles. The van der Waals surface area contributed by atoms with Crippen LogP contribution in [0.15, 0.2) is 83.9 Å². The number of hydrogen-bond acceptors (Lipinski definition) is 2. The highest BCUT2D eigenvalue weighted by Gasteiger charge is 2.14. The first kappa shape index (κ1) is 15.9. The average Bonchev–Trinajstić information content (AvgIpc) is 3.14. The van der Waals surface area contributed by atoms with Crippen molar-refractivity contribution in [2.45, 2.75) is 6.54 Å². The molecule has 0 radical (unpaired) electrons. The van der Waals surface area contributed by atoms with E-state index in [0.29, 0.717) is 12.2 Å². The number of nitrogens with zero attached hydrogens (tertiary/aromatic N) is 1. The largest absolute Gasteiger partial charge is 0.361 e. The van der Waals surface area contributed by atoms with Crippen molar-refractivity contribution < 1.29 is 4.79 Å². The van der Waals surface area contributed by atoms with Gasteiger partial charge in [0.2, 0.25) is 0 Å². The highest BCUT2D eigenvalue weighted by molar-refractivity contribution is 6.08. The van der Waals surface area contributed by atoms with Gasteiger partial charge in [-0.2, -0.15) is 0 Å². The van der Waals surface area contributed by atoms with Crippen molar-refractivity contribution in [3.63, 3.8) is 0 Å². The van der Waals surface area contributed by atoms with Gasteiger partial charge in [0, 0.05) is 23.3 Å². The zero-order valence-electron chi connectivity index (χ0n) is 14.0. The van der Waals surface area contributed by atoms with E-state index < -0.39 is 5.91 Å². The van der Waals surface area contributed by atoms with Gasteiger partial charge in [-0.3, -0.25) is 9.59 Å². The Morgan fingerprint density at radius 2 is 1.81 bits per heavy atom. The summed E-state index contributed by atoms with van der Waals surface area (Å²) in [5.41, 5.74) is 2.42. The molecule has 4 aromatic rings. The quantitative estimate of drug-likeness (QED) is 0.594. The summed E-state index contributed by atoms with van der Waals surface area (Å²) in [6, 6.07) is 20.4. The molecule has 0 atom stereocenters. The van der Waals surface area contributed by atoms with E-state index >= 15 is 0 Å².